The number of hydrogen-bond donors (Lipinski definition) is 1. The van der Waals surface area contributed by atoms with Crippen molar-refractivity contribution in [3.05, 3.63) is 30.3 Å². The first-order chi connectivity index (χ1) is 9.66. The van der Waals surface area contributed by atoms with Gasteiger partial charge in [0, 0.05) is 13.1 Å². The van der Waals surface area contributed by atoms with Crippen LogP contribution in [0.4, 0.5) is 0 Å². The maximum atomic E-state index is 11.9. The highest BCUT2D eigenvalue weighted by atomic mass is 16.5. The fourth-order valence-electron chi connectivity index (χ4n) is 2.14. The lowest BCUT2D eigenvalue weighted by Crippen LogP contribution is -2.43. The first-order valence-electron chi connectivity index (χ1n) is 6.94. The van der Waals surface area contributed by atoms with Crippen molar-refractivity contribution >= 4 is 11.8 Å². The Morgan fingerprint density at radius 3 is 2.55 bits per heavy atom. The van der Waals surface area contributed by atoms with Crippen LogP contribution in [0.3, 0.4) is 0 Å². The third-order valence-electron chi connectivity index (χ3n) is 3.30. The Kier molecular flexibility index (Phi) is 4.98. The van der Waals surface area contributed by atoms with Gasteiger partial charge in [0.1, 0.15) is 5.75 Å². The van der Waals surface area contributed by atoms with E-state index < -0.39 is 6.10 Å². The lowest BCUT2D eigenvalue weighted by molar-refractivity contribution is -0.134. The van der Waals surface area contributed by atoms with Crippen LogP contribution in [0.15, 0.2) is 30.3 Å². The van der Waals surface area contributed by atoms with Gasteiger partial charge in [-0.3, -0.25) is 9.59 Å². The number of carbonyl (C=O) groups is 2. The van der Waals surface area contributed by atoms with E-state index in [0.717, 1.165) is 25.9 Å². The Morgan fingerprint density at radius 1 is 1.25 bits per heavy atom. The highest BCUT2D eigenvalue weighted by Gasteiger charge is 2.20. The van der Waals surface area contributed by atoms with Gasteiger partial charge in [0.05, 0.1) is 6.54 Å². The monoisotopic (exact) mass is 276 g/mol. The SMILES string of the molecule is CC(Oc1ccccc1)C(=O)NCC(=O)N1CCCC1. The van der Waals surface area contributed by atoms with Crippen molar-refractivity contribution in [3.63, 3.8) is 0 Å². The lowest BCUT2D eigenvalue weighted by atomic mass is 10.3. The minimum absolute atomic E-state index is 0.0252. The normalized spacial score (nSPS) is 15.8. The van der Waals surface area contributed by atoms with Crippen molar-refractivity contribution in [2.75, 3.05) is 19.6 Å². The number of para-hydroxylation sites is 1. The number of ether oxygens (including phenoxy) is 1. The number of amides is 2. The number of nitrogens with zero attached hydrogens (tertiary/aromatic N) is 1. The summed E-state index contributed by atoms with van der Waals surface area (Å²) in [5, 5.41) is 2.62. The van der Waals surface area contributed by atoms with Crippen LogP contribution in [-0.2, 0) is 9.59 Å². The third-order valence-corrected chi connectivity index (χ3v) is 3.30. The topological polar surface area (TPSA) is 58.6 Å². The molecule has 1 fully saturated rings. The molecule has 2 rings (SSSR count). The first kappa shape index (κ1) is 14.4. The molecule has 0 bridgehead atoms. The van der Waals surface area contributed by atoms with Crippen molar-refractivity contribution in [2.24, 2.45) is 0 Å². The summed E-state index contributed by atoms with van der Waals surface area (Å²) in [6, 6.07) is 9.15. The number of benzene rings is 1. The molecule has 1 saturated heterocycles. The molecule has 1 aliphatic heterocycles. The quantitative estimate of drug-likeness (QED) is 0.879. The summed E-state index contributed by atoms with van der Waals surface area (Å²) in [6.45, 7) is 3.31. The molecule has 0 saturated carbocycles. The van der Waals surface area contributed by atoms with Gasteiger partial charge in [-0.1, -0.05) is 18.2 Å². The maximum absolute atomic E-state index is 11.9. The lowest BCUT2D eigenvalue weighted by Gasteiger charge is -2.17. The van der Waals surface area contributed by atoms with Gasteiger partial charge in [0.2, 0.25) is 5.91 Å². The predicted molar refractivity (Wildman–Crippen MR) is 75.4 cm³/mol. The zero-order valence-corrected chi connectivity index (χ0v) is 11.7. The molecule has 0 radical (unpaired) electrons. The van der Waals surface area contributed by atoms with Gasteiger partial charge in [-0.25, -0.2) is 0 Å². The van der Waals surface area contributed by atoms with Crippen LogP contribution >= 0.6 is 0 Å². The summed E-state index contributed by atoms with van der Waals surface area (Å²) in [4.78, 5) is 25.4. The maximum Gasteiger partial charge on any atom is 0.261 e. The Labute approximate surface area is 118 Å². The molecule has 1 heterocycles. The largest absolute Gasteiger partial charge is 0.481 e. The number of rotatable bonds is 5. The second kappa shape index (κ2) is 6.93. The average molecular weight is 276 g/mol. The minimum atomic E-state index is -0.622. The molecular weight excluding hydrogens is 256 g/mol. The van der Waals surface area contributed by atoms with Crippen LogP contribution in [0.5, 0.6) is 5.75 Å². The van der Waals surface area contributed by atoms with Crippen LogP contribution in [0, 0.1) is 0 Å². The van der Waals surface area contributed by atoms with Crippen LogP contribution in [-0.4, -0.2) is 42.5 Å². The fraction of sp³-hybridized carbons (Fsp3) is 0.467. The van der Waals surface area contributed by atoms with Crippen molar-refractivity contribution in [1.29, 1.82) is 0 Å². The van der Waals surface area contributed by atoms with Crippen molar-refractivity contribution < 1.29 is 14.3 Å². The summed E-state index contributed by atoms with van der Waals surface area (Å²) >= 11 is 0. The summed E-state index contributed by atoms with van der Waals surface area (Å²) < 4.78 is 5.50. The molecule has 108 valence electrons. The molecule has 20 heavy (non-hydrogen) atoms. The second-order valence-corrected chi connectivity index (χ2v) is 4.88. The Bertz CT molecular complexity index is 455. The zero-order chi connectivity index (χ0) is 14.4. The molecule has 2 amide bonds. The summed E-state index contributed by atoms with van der Waals surface area (Å²) in [5.41, 5.74) is 0. The second-order valence-electron chi connectivity index (χ2n) is 4.88. The van der Waals surface area contributed by atoms with Gasteiger partial charge in [0.25, 0.3) is 5.91 Å². The molecule has 5 nitrogen and oxygen atoms in total. The number of likely N-dealkylation sites (tertiary alicyclic amines) is 1. The number of hydrogen-bond acceptors (Lipinski definition) is 3. The Balaban J connectivity index is 1.75. The average Bonchev–Trinajstić information content (AvgIpc) is 2.99. The van der Waals surface area contributed by atoms with E-state index >= 15 is 0 Å². The van der Waals surface area contributed by atoms with Crippen molar-refractivity contribution in [1.82, 2.24) is 10.2 Å². The standard InChI is InChI=1S/C15H20N2O3/c1-12(20-13-7-3-2-4-8-13)15(19)16-11-14(18)17-9-5-6-10-17/h2-4,7-8,12H,5-6,9-11H2,1H3,(H,16,19). The fourth-order valence-corrected chi connectivity index (χ4v) is 2.14. The van der Waals surface area contributed by atoms with E-state index in [2.05, 4.69) is 5.32 Å². The molecule has 5 heteroatoms. The van der Waals surface area contributed by atoms with Crippen LogP contribution in [0.2, 0.25) is 0 Å². The molecule has 1 N–H and O–H groups in total. The van der Waals surface area contributed by atoms with E-state index in [1.165, 1.54) is 0 Å². The highest BCUT2D eigenvalue weighted by Crippen LogP contribution is 2.11. The van der Waals surface area contributed by atoms with E-state index in [1.54, 1.807) is 24.0 Å². The van der Waals surface area contributed by atoms with E-state index in [1.807, 2.05) is 18.2 Å². The number of nitrogens with one attached hydrogen (secondary N) is 1. The first-order valence-corrected chi connectivity index (χ1v) is 6.94. The molecule has 0 aliphatic carbocycles. The molecule has 1 aliphatic rings. The zero-order valence-electron chi connectivity index (χ0n) is 11.7. The van der Waals surface area contributed by atoms with Crippen LogP contribution in [0.1, 0.15) is 19.8 Å². The van der Waals surface area contributed by atoms with Crippen LogP contribution < -0.4 is 10.1 Å². The smallest absolute Gasteiger partial charge is 0.261 e. The summed E-state index contributed by atoms with van der Waals surface area (Å²) in [5.74, 6) is 0.338. The van der Waals surface area contributed by atoms with E-state index in [4.69, 9.17) is 4.74 Å². The molecule has 0 spiro atoms. The van der Waals surface area contributed by atoms with Crippen molar-refractivity contribution in [2.45, 2.75) is 25.9 Å². The molecule has 1 atom stereocenters. The van der Waals surface area contributed by atoms with E-state index in [0.29, 0.717) is 5.75 Å². The van der Waals surface area contributed by atoms with Gasteiger partial charge in [-0.15, -0.1) is 0 Å². The number of carbonyl (C=O) groups excluding carboxylic acids is 2. The highest BCUT2D eigenvalue weighted by molar-refractivity contribution is 5.87. The molecule has 1 unspecified atom stereocenters. The summed E-state index contributed by atoms with van der Waals surface area (Å²) in [6.07, 6.45) is 1.48. The van der Waals surface area contributed by atoms with Gasteiger partial charge in [-0.05, 0) is 31.9 Å². The Morgan fingerprint density at radius 2 is 1.90 bits per heavy atom. The predicted octanol–water partition coefficient (Wildman–Crippen LogP) is 1.19. The molecule has 1 aromatic rings. The van der Waals surface area contributed by atoms with Gasteiger partial charge < -0.3 is 15.0 Å². The summed E-state index contributed by atoms with van der Waals surface area (Å²) in [7, 11) is 0. The van der Waals surface area contributed by atoms with Crippen LogP contribution in [0.25, 0.3) is 0 Å². The third kappa shape index (κ3) is 3.98. The van der Waals surface area contributed by atoms with Gasteiger partial charge >= 0.3 is 0 Å². The Hall–Kier alpha value is -2.04. The van der Waals surface area contributed by atoms with Gasteiger partial charge in [-0.2, -0.15) is 0 Å². The minimum Gasteiger partial charge on any atom is -0.481 e. The van der Waals surface area contributed by atoms with Crippen molar-refractivity contribution in [3.8, 4) is 5.75 Å². The molecule has 0 aromatic heterocycles. The molecule has 1 aromatic carbocycles. The van der Waals surface area contributed by atoms with Gasteiger partial charge in [0.15, 0.2) is 6.10 Å². The van der Waals surface area contributed by atoms with E-state index in [-0.39, 0.29) is 18.4 Å². The van der Waals surface area contributed by atoms with E-state index in [9.17, 15) is 9.59 Å². The molecular formula is C15H20N2O3.